The lowest BCUT2D eigenvalue weighted by molar-refractivity contribution is -0.123. The van der Waals surface area contributed by atoms with Gasteiger partial charge in [0.05, 0.1) is 24.1 Å². The molecule has 0 aliphatic carbocycles. The van der Waals surface area contributed by atoms with E-state index in [4.69, 9.17) is 0 Å². The third-order valence-corrected chi connectivity index (χ3v) is 7.23. The fraction of sp³-hybridized carbons (Fsp3) is 0.381. The summed E-state index contributed by atoms with van der Waals surface area (Å²) >= 11 is 0. The molecule has 0 aromatic heterocycles. The third kappa shape index (κ3) is 3.64. The summed E-state index contributed by atoms with van der Waals surface area (Å²) in [5.74, 6) is 0.116. The van der Waals surface area contributed by atoms with Gasteiger partial charge in [0.25, 0.3) is 0 Å². The lowest BCUT2D eigenvalue weighted by atomic mass is 10.0. The van der Waals surface area contributed by atoms with Crippen molar-refractivity contribution in [3.05, 3.63) is 65.7 Å². The molecule has 0 bridgehead atoms. The number of sulfone groups is 1. The van der Waals surface area contributed by atoms with Crippen molar-refractivity contribution in [1.29, 1.82) is 0 Å². The molecule has 2 aromatic carbocycles. The van der Waals surface area contributed by atoms with Crippen molar-refractivity contribution in [2.24, 2.45) is 0 Å². The first-order chi connectivity index (χ1) is 13.0. The number of hydrogen-bond acceptors (Lipinski definition) is 4. The summed E-state index contributed by atoms with van der Waals surface area (Å²) in [5, 5.41) is 0. The van der Waals surface area contributed by atoms with Crippen LogP contribution in [0.25, 0.3) is 0 Å². The van der Waals surface area contributed by atoms with Crippen LogP contribution >= 0.6 is 0 Å². The highest BCUT2D eigenvalue weighted by atomic mass is 32.2. The highest BCUT2D eigenvalue weighted by molar-refractivity contribution is 7.91. The maximum absolute atomic E-state index is 13.0. The summed E-state index contributed by atoms with van der Waals surface area (Å²) in [4.78, 5) is 16.8. The molecule has 6 heteroatoms. The fourth-order valence-electron chi connectivity index (χ4n) is 4.21. The van der Waals surface area contributed by atoms with Crippen LogP contribution in [-0.2, 0) is 27.6 Å². The van der Waals surface area contributed by atoms with Gasteiger partial charge < -0.3 is 4.90 Å². The number of piperazine rings is 1. The van der Waals surface area contributed by atoms with Gasteiger partial charge in [-0.25, -0.2) is 8.42 Å². The molecule has 2 fully saturated rings. The molecule has 142 valence electrons. The van der Waals surface area contributed by atoms with E-state index in [1.807, 2.05) is 59.5 Å². The van der Waals surface area contributed by atoms with Crippen LogP contribution in [0, 0.1) is 0 Å². The first-order valence-corrected chi connectivity index (χ1v) is 11.2. The molecule has 0 saturated carbocycles. The zero-order chi connectivity index (χ0) is 19.0. The number of rotatable bonds is 4. The van der Waals surface area contributed by atoms with E-state index in [2.05, 4.69) is 6.92 Å². The highest BCUT2D eigenvalue weighted by Crippen LogP contribution is 2.32. The van der Waals surface area contributed by atoms with E-state index in [0.29, 0.717) is 6.54 Å². The number of anilines is 1. The zero-order valence-electron chi connectivity index (χ0n) is 15.4. The van der Waals surface area contributed by atoms with Crippen molar-refractivity contribution in [2.75, 3.05) is 23.0 Å². The second-order valence-corrected chi connectivity index (χ2v) is 9.54. The molecule has 4 rings (SSSR count). The first-order valence-electron chi connectivity index (χ1n) is 9.36. The second-order valence-electron chi connectivity index (χ2n) is 7.39. The van der Waals surface area contributed by atoms with Gasteiger partial charge in [-0.2, -0.15) is 0 Å². The number of aryl methyl sites for hydroxylation is 1. The minimum absolute atomic E-state index is 0.0301. The molecule has 0 N–H and O–H groups in total. The van der Waals surface area contributed by atoms with Gasteiger partial charge in [-0.15, -0.1) is 0 Å². The van der Waals surface area contributed by atoms with Crippen LogP contribution in [0.5, 0.6) is 0 Å². The number of fused-ring (bicyclic) bond motifs is 1. The minimum Gasteiger partial charge on any atom is -0.306 e. The van der Waals surface area contributed by atoms with Crippen molar-refractivity contribution >= 4 is 21.4 Å². The van der Waals surface area contributed by atoms with Gasteiger partial charge >= 0.3 is 0 Å². The van der Waals surface area contributed by atoms with Crippen LogP contribution in [0.3, 0.4) is 0 Å². The quantitative estimate of drug-likeness (QED) is 0.811. The molecule has 2 heterocycles. The van der Waals surface area contributed by atoms with Crippen LogP contribution in [0.2, 0.25) is 0 Å². The lowest BCUT2D eigenvalue weighted by Gasteiger charge is -2.43. The van der Waals surface area contributed by atoms with Gasteiger partial charge in [-0.3, -0.25) is 9.69 Å². The van der Waals surface area contributed by atoms with Gasteiger partial charge in [0, 0.05) is 18.3 Å². The summed E-state index contributed by atoms with van der Waals surface area (Å²) in [6.07, 6.45) is 0.877. The maximum atomic E-state index is 13.0. The molecule has 2 aliphatic rings. The van der Waals surface area contributed by atoms with E-state index in [1.54, 1.807) is 4.90 Å². The Kier molecular flexibility index (Phi) is 4.78. The Bertz CT molecular complexity index is 943. The normalized spacial score (nSPS) is 24.8. The van der Waals surface area contributed by atoms with Crippen LogP contribution < -0.4 is 4.90 Å². The molecule has 2 saturated heterocycles. The van der Waals surface area contributed by atoms with Gasteiger partial charge in [0.15, 0.2) is 9.84 Å². The van der Waals surface area contributed by atoms with E-state index < -0.39 is 9.84 Å². The van der Waals surface area contributed by atoms with Gasteiger partial charge in [0.1, 0.15) is 0 Å². The molecule has 2 atom stereocenters. The van der Waals surface area contributed by atoms with Crippen LogP contribution in [0.4, 0.5) is 5.69 Å². The molecular weight excluding hydrogens is 360 g/mol. The Hall–Kier alpha value is -2.18. The summed E-state index contributed by atoms with van der Waals surface area (Å²) in [6.45, 7) is 2.90. The predicted molar refractivity (Wildman–Crippen MR) is 106 cm³/mol. The van der Waals surface area contributed by atoms with E-state index in [1.165, 1.54) is 0 Å². The Morgan fingerprint density at radius 1 is 0.963 bits per heavy atom. The van der Waals surface area contributed by atoms with Gasteiger partial charge in [0.2, 0.25) is 5.91 Å². The van der Waals surface area contributed by atoms with Crippen molar-refractivity contribution in [1.82, 2.24) is 4.90 Å². The molecule has 0 radical (unpaired) electrons. The zero-order valence-corrected chi connectivity index (χ0v) is 16.2. The number of hydrogen-bond donors (Lipinski definition) is 0. The Morgan fingerprint density at radius 3 is 2.41 bits per heavy atom. The topological polar surface area (TPSA) is 57.7 Å². The van der Waals surface area contributed by atoms with Crippen molar-refractivity contribution in [3.63, 3.8) is 0 Å². The Labute approximate surface area is 160 Å². The van der Waals surface area contributed by atoms with E-state index in [9.17, 15) is 13.2 Å². The SMILES string of the molecule is CCc1cccc(N2C(=O)CN(Cc3ccccc3)C3CS(=O)(=O)CC32)c1. The molecule has 5 nitrogen and oxygen atoms in total. The van der Waals surface area contributed by atoms with Crippen molar-refractivity contribution in [3.8, 4) is 0 Å². The summed E-state index contributed by atoms with van der Waals surface area (Å²) < 4.78 is 24.9. The average molecular weight is 385 g/mol. The highest BCUT2D eigenvalue weighted by Gasteiger charge is 2.49. The fourth-order valence-corrected chi connectivity index (χ4v) is 6.19. The molecule has 1 amide bonds. The Balaban J connectivity index is 1.67. The summed E-state index contributed by atoms with van der Waals surface area (Å²) in [7, 11) is -3.17. The number of benzene rings is 2. The predicted octanol–water partition coefficient (Wildman–Crippen LogP) is 2.26. The molecule has 2 aliphatic heterocycles. The van der Waals surface area contributed by atoms with Crippen LogP contribution in [0.1, 0.15) is 18.1 Å². The van der Waals surface area contributed by atoms with E-state index in [-0.39, 0.29) is 36.0 Å². The largest absolute Gasteiger partial charge is 0.306 e. The minimum atomic E-state index is -3.17. The second kappa shape index (κ2) is 7.09. The summed E-state index contributed by atoms with van der Waals surface area (Å²) in [5.41, 5.74) is 3.05. The summed E-state index contributed by atoms with van der Waals surface area (Å²) in [6, 6.07) is 17.3. The van der Waals surface area contributed by atoms with Crippen LogP contribution in [0.15, 0.2) is 54.6 Å². The van der Waals surface area contributed by atoms with E-state index in [0.717, 1.165) is 23.2 Å². The lowest BCUT2D eigenvalue weighted by Crippen LogP contribution is -2.61. The number of carbonyl (C=O) groups excluding carboxylic acids is 1. The number of nitrogens with zero attached hydrogens (tertiary/aromatic N) is 2. The number of amides is 1. The van der Waals surface area contributed by atoms with Crippen molar-refractivity contribution < 1.29 is 13.2 Å². The molecule has 27 heavy (non-hydrogen) atoms. The van der Waals surface area contributed by atoms with Gasteiger partial charge in [-0.05, 0) is 29.7 Å². The molecule has 0 spiro atoms. The third-order valence-electron chi connectivity index (χ3n) is 5.53. The van der Waals surface area contributed by atoms with E-state index >= 15 is 0 Å². The molecular formula is C21H24N2O3S. The van der Waals surface area contributed by atoms with Gasteiger partial charge in [-0.1, -0.05) is 49.4 Å². The standard InChI is InChI=1S/C21H24N2O3S/c1-2-16-9-6-10-18(11-16)23-20-15-27(25,26)14-19(20)22(13-21(23)24)12-17-7-4-3-5-8-17/h3-11,19-20H,2,12-15H2,1H3. The monoisotopic (exact) mass is 384 g/mol. The number of carbonyl (C=O) groups is 1. The average Bonchev–Trinajstić information content (AvgIpc) is 2.98. The smallest absolute Gasteiger partial charge is 0.241 e. The maximum Gasteiger partial charge on any atom is 0.241 e. The Morgan fingerprint density at radius 2 is 1.67 bits per heavy atom. The molecule has 2 aromatic rings. The van der Waals surface area contributed by atoms with Crippen LogP contribution in [-0.4, -0.2) is 49.4 Å². The first kappa shape index (κ1) is 18.2. The molecule has 2 unspecified atom stereocenters. The van der Waals surface area contributed by atoms with Crippen molar-refractivity contribution in [2.45, 2.75) is 32.0 Å².